The minimum atomic E-state index is -0.481. The Labute approximate surface area is 158 Å². The molecular weight excluding hydrogens is 347 g/mol. The van der Waals surface area contributed by atoms with Crippen molar-refractivity contribution < 1.29 is 18.7 Å². The van der Waals surface area contributed by atoms with Gasteiger partial charge in [-0.3, -0.25) is 9.69 Å². The van der Waals surface area contributed by atoms with E-state index >= 15 is 0 Å². The quantitative estimate of drug-likeness (QED) is 0.903. The number of hydrogen-bond donors (Lipinski definition) is 1. The lowest BCUT2D eigenvalue weighted by Gasteiger charge is -2.42. The van der Waals surface area contributed by atoms with Crippen LogP contribution < -0.4 is 14.8 Å². The van der Waals surface area contributed by atoms with Crippen molar-refractivity contribution in [1.82, 2.24) is 10.2 Å². The first-order valence-corrected chi connectivity index (χ1v) is 9.19. The van der Waals surface area contributed by atoms with E-state index in [1.165, 1.54) is 12.1 Å². The van der Waals surface area contributed by atoms with Crippen molar-refractivity contribution in [3.8, 4) is 11.5 Å². The lowest BCUT2D eigenvalue weighted by molar-refractivity contribution is -0.00715. The minimum absolute atomic E-state index is 0.125. The van der Waals surface area contributed by atoms with Crippen LogP contribution in [-0.4, -0.2) is 43.2 Å². The second kappa shape index (κ2) is 7.19. The average Bonchev–Trinajstić information content (AvgIpc) is 2.80. The maximum absolute atomic E-state index is 13.2. The maximum atomic E-state index is 13.2. The van der Waals surface area contributed by atoms with Gasteiger partial charge in [-0.1, -0.05) is 12.1 Å². The Morgan fingerprint density at radius 1 is 1.26 bits per heavy atom. The molecule has 4 rings (SSSR count). The molecule has 2 heterocycles. The molecule has 1 unspecified atom stereocenters. The first-order valence-electron chi connectivity index (χ1n) is 9.19. The Morgan fingerprint density at radius 3 is 2.85 bits per heavy atom. The summed E-state index contributed by atoms with van der Waals surface area (Å²) in [6.45, 7) is 2.83. The van der Waals surface area contributed by atoms with Gasteiger partial charge in [0, 0.05) is 19.2 Å². The van der Waals surface area contributed by atoms with Gasteiger partial charge >= 0.3 is 0 Å². The number of carbonyl (C=O) groups excluding carboxylic acids is 1. The highest BCUT2D eigenvalue weighted by atomic mass is 19.1. The van der Waals surface area contributed by atoms with Gasteiger partial charge in [0.15, 0.2) is 0 Å². The van der Waals surface area contributed by atoms with Gasteiger partial charge in [0.1, 0.15) is 22.9 Å². The summed E-state index contributed by atoms with van der Waals surface area (Å²) in [4.78, 5) is 14.8. The van der Waals surface area contributed by atoms with Crippen LogP contribution >= 0.6 is 0 Å². The molecule has 1 N–H and O–H groups in total. The van der Waals surface area contributed by atoms with Gasteiger partial charge in [0.2, 0.25) is 0 Å². The number of hydrogen-bond acceptors (Lipinski definition) is 4. The fourth-order valence-corrected chi connectivity index (χ4v) is 3.91. The van der Waals surface area contributed by atoms with E-state index in [0.29, 0.717) is 30.2 Å². The molecule has 1 amide bonds. The van der Waals surface area contributed by atoms with Crippen LogP contribution in [0.5, 0.6) is 11.5 Å². The van der Waals surface area contributed by atoms with Crippen LogP contribution in [0.4, 0.5) is 4.39 Å². The standard InChI is InChI=1S/C21H23FN2O3/c1-26-17-7-8-18-19(11-17)27-21(13-23-20(18)25)9-2-10-24(14-21)12-15-3-5-16(22)6-4-15/h3-8,11H,2,9-10,12-14H2,1H3,(H,23,25). The zero-order chi connectivity index (χ0) is 18.9. The fourth-order valence-electron chi connectivity index (χ4n) is 3.91. The fraction of sp³-hybridized carbons (Fsp3) is 0.381. The first kappa shape index (κ1) is 17.8. The zero-order valence-corrected chi connectivity index (χ0v) is 15.3. The summed E-state index contributed by atoms with van der Waals surface area (Å²) in [6.07, 6.45) is 1.83. The van der Waals surface area contributed by atoms with Gasteiger partial charge in [0.25, 0.3) is 5.91 Å². The highest BCUT2D eigenvalue weighted by Crippen LogP contribution is 2.34. The molecule has 6 heteroatoms. The Morgan fingerprint density at radius 2 is 2.07 bits per heavy atom. The molecule has 142 valence electrons. The number of halogens is 1. The van der Waals surface area contributed by atoms with Gasteiger partial charge in [-0.25, -0.2) is 4.39 Å². The van der Waals surface area contributed by atoms with E-state index in [1.54, 1.807) is 25.3 Å². The third-order valence-corrected chi connectivity index (χ3v) is 5.27. The smallest absolute Gasteiger partial charge is 0.255 e. The van der Waals surface area contributed by atoms with E-state index in [4.69, 9.17) is 9.47 Å². The highest BCUT2D eigenvalue weighted by Gasteiger charge is 2.40. The van der Waals surface area contributed by atoms with Crippen LogP contribution in [-0.2, 0) is 6.54 Å². The molecular formula is C21H23FN2O3. The number of fused-ring (bicyclic) bond motifs is 1. The van der Waals surface area contributed by atoms with E-state index in [-0.39, 0.29) is 11.7 Å². The Bertz CT molecular complexity index is 840. The molecule has 2 aliphatic heterocycles. The molecule has 0 aliphatic carbocycles. The summed E-state index contributed by atoms with van der Waals surface area (Å²) in [5.41, 5.74) is 1.11. The monoisotopic (exact) mass is 370 g/mol. The molecule has 5 nitrogen and oxygen atoms in total. The molecule has 2 aliphatic rings. The van der Waals surface area contributed by atoms with Crippen molar-refractivity contribution in [3.05, 3.63) is 59.4 Å². The molecule has 1 atom stereocenters. The minimum Gasteiger partial charge on any atom is -0.497 e. The van der Waals surface area contributed by atoms with Crippen molar-refractivity contribution in [1.29, 1.82) is 0 Å². The lowest BCUT2D eigenvalue weighted by Crippen LogP contribution is -2.56. The average molecular weight is 370 g/mol. The van der Waals surface area contributed by atoms with Crippen LogP contribution in [0.25, 0.3) is 0 Å². The summed E-state index contributed by atoms with van der Waals surface area (Å²) < 4.78 is 24.9. The number of nitrogens with zero attached hydrogens (tertiary/aromatic N) is 1. The molecule has 1 saturated heterocycles. The van der Waals surface area contributed by atoms with Crippen molar-refractivity contribution in [3.63, 3.8) is 0 Å². The van der Waals surface area contributed by atoms with Gasteiger partial charge in [-0.15, -0.1) is 0 Å². The third kappa shape index (κ3) is 3.76. The number of rotatable bonds is 3. The SMILES string of the molecule is COc1ccc2c(c1)OC1(CCCN(Cc3ccc(F)cc3)C1)CNC2=O. The van der Waals surface area contributed by atoms with E-state index in [1.807, 2.05) is 12.1 Å². The van der Waals surface area contributed by atoms with Crippen LogP contribution in [0.15, 0.2) is 42.5 Å². The predicted octanol–water partition coefficient (Wildman–Crippen LogP) is 2.99. The summed E-state index contributed by atoms with van der Waals surface area (Å²) in [5, 5.41) is 3.01. The number of nitrogens with one attached hydrogen (secondary N) is 1. The zero-order valence-electron chi connectivity index (χ0n) is 15.3. The topological polar surface area (TPSA) is 50.8 Å². The number of amides is 1. The molecule has 0 radical (unpaired) electrons. The van der Waals surface area contributed by atoms with Crippen molar-refractivity contribution >= 4 is 5.91 Å². The summed E-state index contributed by atoms with van der Waals surface area (Å²) in [7, 11) is 1.60. The van der Waals surface area contributed by atoms with Crippen molar-refractivity contribution in [2.45, 2.75) is 25.0 Å². The normalized spacial score (nSPS) is 22.5. The molecule has 1 fully saturated rings. The van der Waals surface area contributed by atoms with Crippen molar-refractivity contribution in [2.24, 2.45) is 0 Å². The lowest BCUT2D eigenvalue weighted by atomic mass is 9.92. The van der Waals surface area contributed by atoms with E-state index < -0.39 is 5.60 Å². The van der Waals surface area contributed by atoms with Gasteiger partial charge in [0.05, 0.1) is 19.2 Å². The third-order valence-electron chi connectivity index (χ3n) is 5.27. The van der Waals surface area contributed by atoms with E-state index in [9.17, 15) is 9.18 Å². The van der Waals surface area contributed by atoms with Crippen LogP contribution in [0, 0.1) is 5.82 Å². The van der Waals surface area contributed by atoms with E-state index in [0.717, 1.165) is 31.5 Å². The maximum Gasteiger partial charge on any atom is 0.255 e. The van der Waals surface area contributed by atoms with Gasteiger partial charge in [-0.05, 0) is 49.2 Å². The second-order valence-corrected chi connectivity index (χ2v) is 7.27. The van der Waals surface area contributed by atoms with Crippen LogP contribution in [0.3, 0.4) is 0 Å². The summed E-state index contributed by atoms with van der Waals surface area (Å²) in [6, 6.07) is 11.9. The molecule has 2 aromatic rings. The molecule has 0 saturated carbocycles. The molecule has 2 aromatic carbocycles. The highest BCUT2D eigenvalue weighted by molar-refractivity contribution is 5.97. The molecule has 0 bridgehead atoms. The number of ether oxygens (including phenoxy) is 2. The largest absolute Gasteiger partial charge is 0.497 e. The Kier molecular flexibility index (Phi) is 4.74. The van der Waals surface area contributed by atoms with Crippen molar-refractivity contribution in [2.75, 3.05) is 26.7 Å². The van der Waals surface area contributed by atoms with Crippen LogP contribution in [0.1, 0.15) is 28.8 Å². The number of carbonyl (C=O) groups is 1. The van der Waals surface area contributed by atoms with Gasteiger partial charge in [-0.2, -0.15) is 0 Å². The number of likely N-dealkylation sites (tertiary alicyclic amines) is 1. The Balaban J connectivity index is 1.56. The Hall–Kier alpha value is -2.60. The van der Waals surface area contributed by atoms with Gasteiger partial charge < -0.3 is 14.8 Å². The predicted molar refractivity (Wildman–Crippen MR) is 99.6 cm³/mol. The number of benzene rings is 2. The molecule has 27 heavy (non-hydrogen) atoms. The summed E-state index contributed by atoms with van der Waals surface area (Å²) in [5.74, 6) is 0.875. The second-order valence-electron chi connectivity index (χ2n) is 7.27. The first-order chi connectivity index (χ1) is 13.1. The molecule has 1 spiro atoms. The number of piperidine rings is 1. The summed E-state index contributed by atoms with van der Waals surface area (Å²) >= 11 is 0. The van der Waals surface area contributed by atoms with Crippen LogP contribution in [0.2, 0.25) is 0 Å². The number of methoxy groups -OCH3 is 1. The molecule has 0 aromatic heterocycles. The van der Waals surface area contributed by atoms with E-state index in [2.05, 4.69) is 10.2 Å².